The standard InChI is InChI=1S/C23H27N3O4/c1-5-11-26(23(8-9-23)16-7-12-30-15-16)22-24-10-6-18(25-22)21-19(28-3)13-17(27-2)14-20(21)29-4/h6-7,10,12-15H,5,8-9,11H2,1-4H3. The summed E-state index contributed by atoms with van der Waals surface area (Å²) in [6.45, 7) is 3.02. The maximum absolute atomic E-state index is 5.62. The fraction of sp³-hybridized carbons (Fsp3) is 0.391. The molecular weight excluding hydrogens is 382 g/mol. The molecule has 0 radical (unpaired) electrons. The number of nitrogens with zero attached hydrogens (tertiary/aromatic N) is 3. The average Bonchev–Trinajstić information content (AvgIpc) is 3.39. The van der Waals surface area contributed by atoms with Crippen molar-refractivity contribution >= 4 is 5.95 Å². The fourth-order valence-electron chi connectivity index (χ4n) is 3.97. The molecule has 1 aliphatic carbocycles. The molecule has 4 rings (SSSR count). The van der Waals surface area contributed by atoms with Crippen molar-refractivity contribution in [1.82, 2.24) is 9.97 Å². The van der Waals surface area contributed by atoms with Crippen LogP contribution in [0.5, 0.6) is 17.2 Å². The Morgan fingerprint density at radius 1 is 1.07 bits per heavy atom. The summed E-state index contributed by atoms with van der Waals surface area (Å²) >= 11 is 0. The van der Waals surface area contributed by atoms with Crippen LogP contribution in [0.1, 0.15) is 31.7 Å². The Bertz CT molecular complexity index is 974. The van der Waals surface area contributed by atoms with Gasteiger partial charge in [-0.25, -0.2) is 9.97 Å². The zero-order valence-electron chi connectivity index (χ0n) is 17.8. The molecule has 0 saturated heterocycles. The van der Waals surface area contributed by atoms with Gasteiger partial charge in [-0.1, -0.05) is 6.92 Å². The van der Waals surface area contributed by atoms with Gasteiger partial charge >= 0.3 is 0 Å². The van der Waals surface area contributed by atoms with E-state index in [1.807, 2.05) is 30.5 Å². The lowest BCUT2D eigenvalue weighted by Crippen LogP contribution is -2.37. The third-order valence-corrected chi connectivity index (χ3v) is 5.60. The first-order valence-electron chi connectivity index (χ1n) is 10.1. The maximum Gasteiger partial charge on any atom is 0.226 e. The quantitative estimate of drug-likeness (QED) is 0.509. The lowest BCUT2D eigenvalue weighted by Gasteiger charge is -2.31. The van der Waals surface area contributed by atoms with Gasteiger partial charge in [-0.2, -0.15) is 0 Å². The summed E-state index contributed by atoms with van der Waals surface area (Å²) in [7, 11) is 4.87. The van der Waals surface area contributed by atoms with Gasteiger partial charge in [0.1, 0.15) is 17.2 Å². The number of methoxy groups -OCH3 is 3. The molecule has 30 heavy (non-hydrogen) atoms. The van der Waals surface area contributed by atoms with Crippen LogP contribution in [0.3, 0.4) is 0 Å². The van der Waals surface area contributed by atoms with E-state index in [2.05, 4.69) is 16.8 Å². The number of hydrogen-bond acceptors (Lipinski definition) is 7. The van der Waals surface area contributed by atoms with E-state index in [-0.39, 0.29) is 5.54 Å². The Balaban J connectivity index is 1.79. The van der Waals surface area contributed by atoms with Crippen molar-refractivity contribution in [3.8, 4) is 28.5 Å². The Hall–Kier alpha value is -3.22. The number of furan rings is 1. The second kappa shape index (κ2) is 8.26. The molecule has 0 unspecified atom stereocenters. The van der Waals surface area contributed by atoms with Crippen LogP contribution >= 0.6 is 0 Å². The zero-order chi connectivity index (χ0) is 21.1. The highest BCUT2D eigenvalue weighted by Gasteiger charge is 2.51. The Morgan fingerprint density at radius 3 is 2.33 bits per heavy atom. The number of hydrogen-bond donors (Lipinski definition) is 0. The molecule has 1 saturated carbocycles. The molecule has 7 nitrogen and oxygen atoms in total. The normalized spacial score (nSPS) is 14.3. The van der Waals surface area contributed by atoms with E-state index in [0.29, 0.717) is 23.2 Å². The summed E-state index contributed by atoms with van der Waals surface area (Å²) in [6.07, 6.45) is 8.43. The molecule has 2 aromatic heterocycles. The first kappa shape index (κ1) is 20.1. The van der Waals surface area contributed by atoms with Crippen molar-refractivity contribution in [2.75, 3.05) is 32.8 Å². The van der Waals surface area contributed by atoms with E-state index in [9.17, 15) is 0 Å². The molecule has 158 valence electrons. The van der Waals surface area contributed by atoms with Crippen molar-refractivity contribution in [2.24, 2.45) is 0 Å². The third kappa shape index (κ3) is 3.44. The highest BCUT2D eigenvalue weighted by Crippen LogP contribution is 2.52. The van der Waals surface area contributed by atoms with Gasteiger partial charge in [0.05, 0.1) is 50.7 Å². The van der Waals surface area contributed by atoms with Crippen LogP contribution in [0.4, 0.5) is 5.95 Å². The summed E-state index contributed by atoms with van der Waals surface area (Å²) < 4.78 is 22.0. The summed E-state index contributed by atoms with van der Waals surface area (Å²) in [4.78, 5) is 11.9. The molecule has 0 N–H and O–H groups in total. The van der Waals surface area contributed by atoms with Crippen LogP contribution in [-0.2, 0) is 5.54 Å². The minimum atomic E-state index is -0.101. The summed E-state index contributed by atoms with van der Waals surface area (Å²) in [5.74, 6) is 2.61. The molecule has 1 aliphatic rings. The van der Waals surface area contributed by atoms with Crippen molar-refractivity contribution in [3.63, 3.8) is 0 Å². The van der Waals surface area contributed by atoms with E-state index in [4.69, 9.17) is 23.6 Å². The molecule has 1 fully saturated rings. The number of ether oxygens (including phenoxy) is 3. The van der Waals surface area contributed by atoms with Crippen LogP contribution in [0.2, 0.25) is 0 Å². The van der Waals surface area contributed by atoms with Crippen molar-refractivity contribution in [2.45, 2.75) is 31.7 Å². The fourth-order valence-corrected chi connectivity index (χ4v) is 3.97. The monoisotopic (exact) mass is 409 g/mol. The van der Waals surface area contributed by atoms with E-state index in [0.717, 1.165) is 37.1 Å². The minimum absolute atomic E-state index is 0.101. The number of anilines is 1. The SMILES string of the molecule is CCCN(c1nccc(-c2c(OC)cc(OC)cc2OC)n1)C1(c2ccoc2)CC1. The molecule has 0 spiro atoms. The zero-order valence-corrected chi connectivity index (χ0v) is 17.8. The highest BCUT2D eigenvalue weighted by molar-refractivity contribution is 5.76. The van der Waals surface area contributed by atoms with Crippen LogP contribution in [0.15, 0.2) is 47.4 Å². The summed E-state index contributed by atoms with van der Waals surface area (Å²) in [5.41, 5.74) is 2.58. The molecule has 0 atom stereocenters. The van der Waals surface area contributed by atoms with Gasteiger partial charge in [0.2, 0.25) is 5.95 Å². The predicted octanol–water partition coefficient (Wildman–Crippen LogP) is 4.67. The second-order valence-corrected chi connectivity index (χ2v) is 7.34. The number of aromatic nitrogens is 2. The van der Waals surface area contributed by atoms with Gasteiger partial charge in [0, 0.05) is 30.4 Å². The van der Waals surface area contributed by atoms with E-state index in [1.165, 1.54) is 5.56 Å². The third-order valence-electron chi connectivity index (χ3n) is 5.60. The lowest BCUT2D eigenvalue weighted by atomic mass is 10.1. The summed E-state index contributed by atoms with van der Waals surface area (Å²) in [6, 6.07) is 7.57. The first-order chi connectivity index (χ1) is 14.7. The molecule has 7 heteroatoms. The van der Waals surface area contributed by atoms with E-state index in [1.54, 1.807) is 33.8 Å². The molecule has 1 aromatic carbocycles. The molecule has 0 bridgehead atoms. The van der Waals surface area contributed by atoms with Crippen molar-refractivity contribution in [1.29, 1.82) is 0 Å². The smallest absolute Gasteiger partial charge is 0.226 e. The van der Waals surface area contributed by atoms with Crippen molar-refractivity contribution in [3.05, 3.63) is 48.6 Å². The van der Waals surface area contributed by atoms with Gasteiger partial charge in [0.15, 0.2) is 0 Å². The van der Waals surface area contributed by atoms with Gasteiger partial charge < -0.3 is 23.5 Å². The topological polar surface area (TPSA) is 69.9 Å². The second-order valence-electron chi connectivity index (χ2n) is 7.34. The van der Waals surface area contributed by atoms with Gasteiger partial charge in [-0.05, 0) is 31.4 Å². The maximum atomic E-state index is 5.62. The Kier molecular flexibility index (Phi) is 5.53. The van der Waals surface area contributed by atoms with E-state index >= 15 is 0 Å². The number of benzene rings is 1. The van der Waals surface area contributed by atoms with Gasteiger partial charge in [-0.3, -0.25) is 0 Å². The van der Waals surface area contributed by atoms with Crippen LogP contribution < -0.4 is 19.1 Å². The molecular formula is C23H27N3O4. The van der Waals surface area contributed by atoms with E-state index < -0.39 is 0 Å². The molecule has 2 heterocycles. The van der Waals surface area contributed by atoms with Gasteiger partial charge in [-0.15, -0.1) is 0 Å². The molecule has 3 aromatic rings. The average molecular weight is 409 g/mol. The Labute approximate surface area is 176 Å². The molecule has 0 amide bonds. The number of rotatable bonds is 9. The van der Waals surface area contributed by atoms with Crippen LogP contribution in [-0.4, -0.2) is 37.8 Å². The largest absolute Gasteiger partial charge is 0.496 e. The lowest BCUT2D eigenvalue weighted by molar-refractivity contribution is 0.377. The van der Waals surface area contributed by atoms with Crippen LogP contribution in [0, 0.1) is 0 Å². The first-order valence-corrected chi connectivity index (χ1v) is 10.1. The highest BCUT2D eigenvalue weighted by atomic mass is 16.5. The minimum Gasteiger partial charge on any atom is -0.496 e. The van der Waals surface area contributed by atoms with Crippen LogP contribution in [0.25, 0.3) is 11.3 Å². The van der Waals surface area contributed by atoms with Crippen molar-refractivity contribution < 1.29 is 18.6 Å². The summed E-state index contributed by atoms with van der Waals surface area (Å²) in [5, 5.41) is 0. The molecule has 0 aliphatic heterocycles. The predicted molar refractivity (Wildman–Crippen MR) is 114 cm³/mol. The Morgan fingerprint density at radius 2 is 1.80 bits per heavy atom. The van der Waals surface area contributed by atoms with Gasteiger partial charge in [0.25, 0.3) is 0 Å².